The van der Waals surface area contributed by atoms with Gasteiger partial charge in [-0.3, -0.25) is 9.59 Å². The van der Waals surface area contributed by atoms with Crippen molar-refractivity contribution in [2.75, 3.05) is 10.6 Å². The minimum Gasteiger partial charge on any atom is -0.380 e. The maximum absolute atomic E-state index is 13.4. The molecule has 150 valence electrons. The van der Waals surface area contributed by atoms with Crippen molar-refractivity contribution in [2.45, 2.75) is 12.7 Å². The summed E-state index contributed by atoms with van der Waals surface area (Å²) in [5, 5.41) is 5.39. The van der Waals surface area contributed by atoms with Gasteiger partial charge in [0.05, 0.1) is 11.1 Å². The normalized spacial score (nSPS) is 11.2. The molecule has 29 heavy (non-hydrogen) atoms. The Morgan fingerprint density at radius 1 is 1.03 bits per heavy atom. The fourth-order valence-corrected chi connectivity index (χ4v) is 2.60. The number of anilines is 2. The molecule has 2 aromatic carbocycles. The minimum absolute atomic E-state index is 0.181. The number of benzene rings is 2. The molecule has 0 aliphatic rings. The standard InChI is InChI=1S/C20H15F4N3O2/c21-16-7-6-13(9-15(16)20(22,23)24)27-19(29)14-3-1-2-4-17(14)25-10-12-5-8-18(28)26-11-12/h1-9,11,25H,10H2,(H,26,28)(H,27,29). The second-order valence-electron chi connectivity index (χ2n) is 6.11. The van der Waals surface area contributed by atoms with Gasteiger partial charge in [0.1, 0.15) is 5.82 Å². The molecule has 0 aliphatic carbocycles. The van der Waals surface area contributed by atoms with Crippen LogP contribution >= 0.6 is 0 Å². The molecule has 3 rings (SSSR count). The van der Waals surface area contributed by atoms with Gasteiger partial charge in [-0.1, -0.05) is 18.2 Å². The summed E-state index contributed by atoms with van der Waals surface area (Å²) in [6.07, 6.45) is -3.35. The molecule has 1 heterocycles. The molecule has 9 heteroatoms. The summed E-state index contributed by atoms with van der Waals surface area (Å²) >= 11 is 0. The van der Waals surface area contributed by atoms with Gasteiger partial charge in [-0.05, 0) is 35.9 Å². The summed E-state index contributed by atoms with van der Waals surface area (Å²) in [5.74, 6) is -2.08. The lowest BCUT2D eigenvalue weighted by molar-refractivity contribution is -0.139. The van der Waals surface area contributed by atoms with Crippen LogP contribution in [-0.2, 0) is 12.7 Å². The van der Waals surface area contributed by atoms with Crippen LogP contribution in [0.5, 0.6) is 0 Å². The van der Waals surface area contributed by atoms with Gasteiger partial charge in [-0.25, -0.2) is 4.39 Å². The number of pyridine rings is 1. The zero-order valence-electron chi connectivity index (χ0n) is 14.8. The fourth-order valence-electron chi connectivity index (χ4n) is 2.60. The van der Waals surface area contributed by atoms with Gasteiger partial charge in [0, 0.05) is 30.2 Å². The Kier molecular flexibility index (Phi) is 5.67. The minimum atomic E-state index is -4.87. The average molecular weight is 405 g/mol. The number of halogens is 4. The number of carbonyl (C=O) groups is 1. The summed E-state index contributed by atoms with van der Waals surface area (Å²) in [4.78, 5) is 26.2. The van der Waals surface area contributed by atoms with E-state index in [0.717, 1.165) is 11.6 Å². The molecule has 0 saturated heterocycles. The first kappa shape index (κ1) is 20.1. The lowest BCUT2D eigenvalue weighted by Gasteiger charge is -2.14. The van der Waals surface area contributed by atoms with Crippen molar-refractivity contribution < 1.29 is 22.4 Å². The Balaban J connectivity index is 1.78. The predicted molar refractivity (Wildman–Crippen MR) is 100 cm³/mol. The lowest BCUT2D eigenvalue weighted by atomic mass is 10.1. The van der Waals surface area contributed by atoms with Gasteiger partial charge in [0.15, 0.2) is 0 Å². The lowest BCUT2D eigenvalue weighted by Crippen LogP contribution is -2.16. The maximum atomic E-state index is 13.4. The molecule has 0 spiro atoms. The van der Waals surface area contributed by atoms with E-state index < -0.39 is 23.5 Å². The molecule has 0 radical (unpaired) electrons. The van der Waals surface area contributed by atoms with Crippen molar-refractivity contribution in [1.29, 1.82) is 0 Å². The number of para-hydroxylation sites is 1. The molecule has 0 bridgehead atoms. The molecule has 3 aromatic rings. The van der Waals surface area contributed by atoms with Gasteiger partial charge >= 0.3 is 6.18 Å². The molecule has 0 atom stereocenters. The van der Waals surface area contributed by atoms with Crippen LogP contribution in [0.25, 0.3) is 0 Å². The van der Waals surface area contributed by atoms with Gasteiger partial charge in [-0.15, -0.1) is 0 Å². The quantitative estimate of drug-likeness (QED) is 0.551. The maximum Gasteiger partial charge on any atom is 0.419 e. The van der Waals surface area contributed by atoms with E-state index >= 15 is 0 Å². The number of nitrogens with one attached hydrogen (secondary N) is 3. The zero-order chi connectivity index (χ0) is 21.0. The smallest absolute Gasteiger partial charge is 0.380 e. The molecule has 1 amide bonds. The van der Waals surface area contributed by atoms with E-state index in [-0.39, 0.29) is 16.8 Å². The number of H-pyrrole nitrogens is 1. The highest BCUT2D eigenvalue weighted by molar-refractivity contribution is 6.08. The summed E-state index contributed by atoms with van der Waals surface area (Å²) < 4.78 is 52.0. The number of aromatic nitrogens is 1. The largest absolute Gasteiger partial charge is 0.419 e. The molecular formula is C20H15F4N3O2. The first-order valence-electron chi connectivity index (χ1n) is 8.42. The van der Waals surface area contributed by atoms with Gasteiger partial charge in [0.25, 0.3) is 5.91 Å². The first-order valence-corrected chi connectivity index (χ1v) is 8.42. The van der Waals surface area contributed by atoms with Crippen LogP contribution in [0.15, 0.2) is 65.6 Å². The van der Waals surface area contributed by atoms with E-state index in [4.69, 9.17) is 0 Å². The summed E-state index contributed by atoms with van der Waals surface area (Å²) in [7, 11) is 0. The summed E-state index contributed by atoms with van der Waals surface area (Å²) in [6, 6.07) is 11.7. The first-order chi connectivity index (χ1) is 13.7. The van der Waals surface area contributed by atoms with Gasteiger partial charge in [0.2, 0.25) is 5.56 Å². The number of rotatable bonds is 5. The average Bonchev–Trinajstić information content (AvgIpc) is 2.68. The third kappa shape index (κ3) is 5.01. The van der Waals surface area contributed by atoms with E-state index in [1.54, 1.807) is 24.3 Å². The molecule has 0 unspecified atom stereocenters. The molecule has 3 N–H and O–H groups in total. The molecule has 0 fully saturated rings. The molecule has 0 aliphatic heterocycles. The summed E-state index contributed by atoms with van der Waals surface area (Å²) in [6.45, 7) is 0.301. The van der Waals surface area contributed by atoms with E-state index in [1.165, 1.54) is 18.3 Å². The Morgan fingerprint density at radius 2 is 1.79 bits per heavy atom. The van der Waals surface area contributed by atoms with Crippen LogP contribution in [0.4, 0.5) is 28.9 Å². The Morgan fingerprint density at radius 3 is 2.48 bits per heavy atom. The molecule has 0 saturated carbocycles. The van der Waals surface area contributed by atoms with Crippen LogP contribution in [0.1, 0.15) is 21.5 Å². The molecular weight excluding hydrogens is 390 g/mol. The topological polar surface area (TPSA) is 74.0 Å². The van der Waals surface area contributed by atoms with Gasteiger partial charge < -0.3 is 15.6 Å². The van der Waals surface area contributed by atoms with Crippen LogP contribution in [0, 0.1) is 5.82 Å². The highest BCUT2D eigenvalue weighted by atomic mass is 19.4. The zero-order valence-corrected chi connectivity index (χ0v) is 14.8. The second-order valence-corrected chi connectivity index (χ2v) is 6.11. The van der Waals surface area contributed by atoms with Crippen molar-refractivity contribution in [2.24, 2.45) is 0 Å². The SMILES string of the molecule is O=C(Nc1ccc(F)c(C(F)(F)F)c1)c1ccccc1NCc1ccc(=O)[nH]c1. The number of amides is 1. The van der Waals surface area contributed by atoms with Crippen LogP contribution in [0.3, 0.4) is 0 Å². The number of aromatic amines is 1. The van der Waals surface area contributed by atoms with E-state index in [0.29, 0.717) is 24.4 Å². The van der Waals surface area contributed by atoms with E-state index in [1.807, 2.05) is 0 Å². The van der Waals surface area contributed by atoms with Gasteiger partial charge in [-0.2, -0.15) is 13.2 Å². The third-order valence-electron chi connectivity index (χ3n) is 4.03. The van der Waals surface area contributed by atoms with E-state index in [2.05, 4.69) is 15.6 Å². The van der Waals surface area contributed by atoms with Crippen LogP contribution in [-0.4, -0.2) is 10.9 Å². The van der Waals surface area contributed by atoms with Crippen molar-refractivity contribution in [3.63, 3.8) is 0 Å². The third-order valence-corrected chi connectivity index (χ3v) is 4.03. The Bertz CT molecular complexity index is 1070. The van der Waals surface area contributed by atoms with E-state index in [9.17, 15) is 27.2 Å². The number of hydrogen-bond acceptors (Lipinski definition) is 3. The predicted octanol–water partition coefficient (Wildman–Crippen LogP) is 4.40. The number of hydrogen-bond donors (Lipinski definition) is 3. The highest BCUT2D eigenvalue weighted by Gasteiger charge is 2.34. The van der Waals surface area contributed by atoms with Crippen molar-refractivity contribution >= 4 is 17.3 Å². The fraction of sp³-hybridized carbons (Fsp3) is 0.100. The van der Waals surface area contributed by atoms with Crippen molar-refractivity contribution in [1.82, 2.24) is 4.98 Å². The number of carbonyl (C=O) groups excluding carboxylic acids is 1. The Hall–Kier alpha value is -3.62. The van der Waals surface area contributed by atoms with Crippen LogP contribution in [0.2, 0.25) is 0 Å². The molecule has 1 aromatic heterocycles. The van der Waals surface area contributed by atoms with Crippen LogP contribution < -0.4 is 16.2 Å². The van der Waals surface area contributed by atoms with Crippen molar-refractivity contribution in [3.05, 3.63) is 93.7 Å². The molecule has 5 nitrogen and oxygen atoms in total. The summed E-state index contributed by atoms with van der Waals surface area (Å²) in [5.41, 5.74) is -0.498. The monoisotopic (exact) mass is 405 g/mol. The highest BCUT2D eigenvalue weighted by Crippen LogP contribution is 2.33. The Labute approximate surface area is 162 Å². The second kappa shape index (κ2) is 8.17. The van der Waals surface area contributed by atoms with Crippen molar-refractivity contribution in [3.8, 4) is 0 Å². The number of alkyl halides is 3.